The molecule has 0 fully saturated rings. The molecule has 0 atom stereocenters. The van der Waals surface area contributed by atoms with Crippen molar-refractivity contribution in [3.05, 3.63) is 39.9 Å². The van der Waals surface area contributed by atoms with Crippen LogP contribution in [-0.4, -0.2) is 16.1 Å². The molecule has 6 heteroatoms. The average molecular weight is 269 g/mol. The number of aromatic carboxylic acids is 1. The van der Waals surface area contributed by atoms with Crippen LogP contribution in [0.2, 0.25) is 5.02 Å². The van der Waals surface area contributed by atoms with Gasteiger partial charge in [0.2, 0.25) is 0 Å². The molecule has 1 aromatic carbocycles. The van der Waals surface area contributed by atoms with Gasteiger partial charge >= 0.3 is 5.97 Å². The molecule has 0 aliphatic heterocycles. The topological polar surface area (TPSA) is 62.2 Å². The summed E-state index contributed by atoms with van der Waals surface area (Å²) in [5.74, 6) is -0.981. The lowest BCUT2D eigenvalue weighted by Gasteiger charge is -2.05. The number of aryl methyl sites for hydroxylation is 1. The molecular weight excluding hydrogens is 260 g/mol. The Morgan fingerprint density at radius 3 is 2.94 bits per heavy atom. The fraction of sp³-hybridized carbons (Fsp3) is 0.0909. The van der Waals surface area contributed by atoms with Gasteiger partial charge in [-0.05, 0) is 24.6 Å². The van der Waals surface area contributed by atoms with Gasteiger partial charge in [0.05, 0.1) is 16.9 Å². The van der Waals surface area contributed by atoms with Crippen molar-refractivity contribution in [3.63, 3.8) is 0 Å². The van der Waals surface area contributed by atoms with Crippen LogP contribution < -0.4 is 5.32 Å². The highest BCUT2D eigenvalue weighted by Gasteiger charge is 2.09. The van der Waals surface area contributed by atoms with Gasteiger partial charge in [-0.3, -0.25) is 0 Å². The summed E-state index contributed by atoms with van der Waals surface area (Å²) in [5.41, 5.74) is 1.78. The summed E-state index contributed by atoms with van der Waals surface area (Å²) < 4.78 is 0. The van der Waals surface area contributed by atoms with Gasteiger partial charge in [0, 0.05) is 0 Å². The Balaban J connectivity index is 2.25. The number of hydrogen-bond donors (Lipinski definition) is 2. The zero-order valence-electron chi connectivity index (χ0n) is 8.90. The van der Waals surface area contributed by atoms with Crippen LogP contribution >= 0.6 is 22.9 Å². The number of aromatic nitrogens is 1. The molecule has 4 nitrogen and oxygen atoms in total. The lowest BCUT2D eigenvalue weighted by molar-refractivity contribution is 0.0702. The molecule has 2 aromatic rings. The van der Waals surface area contributed by atoms with E-state index in [0.717, 1.165) is 22.6 Å². The number of nitrogens with one attached hydrogen (secondary N) is 1. The lowest BCUT2D eigenvalue weighted by Crippen LogP contribution is -1.91. The molecule has 0 aliphatic rings. The third-order valence-corrected chi connectivity index (χ3v) is 3.31. The Morgan fingerprint density at radius 2 is 2.29 bits per heavy atom. The maximum Gasteiger partial charge on any atom is 0.347 e. The van der Waals surface area contributed by atoms with Gasteiger partial charge < -0.3 is 10.4 Å². The number of carboxylic acids is 1. The highest BCUT2D eigenvalue weighted by atomic mass is 35.5. The lowest BCUT2D eigenvalue weighted by atomic mass is 10.2. The quantitative estimate of drug-likeness (QED) is 0.894. The van der Waals surface area contributed by atoms with Crippen LogP contribution in [0.1, 0.15) is 15.2 Å². The van der Waals surface area contributed by atoms with Crippen molar-refractivity contribution in [2.45, 2.75) is 6.92 Å². The second-order valence-corrected chi connectivity index (χ2v) is 4.88. The van der Waals surface area contributed by atoms with Crippen molar-refractivity contribution in [2.24, 2.45) is 0 Å². The number of carbonyl (C=O) groups is 1. The Bertz CT molecular complexity index is 568. The summed E-state index contributed by atoms with van der Waals surface area (Å²) in [6, 6.07) is 5.56. The van der Waals surface area contributed by atoms with Gasteiger partial charge in [-0.2, -0.15) is 0 Å². The van der Waals surface area contributed by atoms with Gasteiger partial charge in [0.25, 0.3) is 0 Å². The van der Waals surface area contributed by atoms with E-state index in [1.807, 2.05) is 19.1 Å². The van der Waals surface area contributed by atoms with Gasteiger partial charge in [-0.15, -0.1) is 0 Å². The minimum absolute atomic E-state index is 0.191. The molecule has 0 saturated carbocycles. The van der Waals surface area contributed by atoms with E-state index >= 15 is 0 Å². The SMILES string of the molecule is Cc1ccc(Cl)c(Nc2ncc(C(=O)O)s2)c1. The Labute approximate surface area is 107 Å². The molecule has 0 saturated heterocycles. The molecule has 0 amide bonds. The minimum Gasteiger partial charge on any atom is -0.477 e. The van der Waals surface area contributed by atoms with Gasteiger partial charge in [-0.25, -0.2) is 9.78 Å². The Kier molecular flexibility index (Phi) is 3.31. The molecule has 2 rings (SSSR count). The van der Waals surface area contributed by atoms with Crippen molar-refractivity contribution < 1.29 is 9.90 Å². The van der Waals surface area contributed by atoms with Crippen molar-refractivity contribution in [1.82, 2.24) is 4.98 Å². The first-order valence-electron chi connectivity index (χ1n) is 4.78. The number of thiazole rings is 1. The Hall–Kier alpha value is -1.59. The number of hydrogen-bond acceptors (Lipinski definition) is 4. The van der Waals surface area contributed by atoms with Crippen LogP contribution in [0.3, 0.4) is 0 Å². The number of anilines is 2. The van der Waals surface area contributed by atoms with E-state index in [1.54, 1.807) is 6.07 Å². The van der Waals surface area contributed by atoms with Crippen LogP contribution in [-0.2, 0) is 0 Å². The smallest absolute Gasteiger partial charge is 0.347 e. The standard InChI is InChI=1S/C11H9ClN2O2S/c1-6-2-3-7(12)8(4-6)14-11-13-5-9(17-11)10(15)16/h2-5H,1H3,(H,13,14)(H,15,16). The fourth-order valence-electron chi connectivity index (χ4n) is 1.28. The highest BCUT2D eigenvalue weighted by Crippen LogP contribution is 2.28. The second kappa shape index (κ2) is 4.73. The molecule has 0 unspecified atom stereocenters. The summed E-state index contributed by atoms with van der Waals surface area (Å²) in [6.07, 6.45) is 1.32. The maximum absolute atomic E-state index is 10.7. The molecular formula is C11H9ClN2O2S. The molecule has 0 bridgehead atoms. The highest BCUT2D eigenvalue weighted by molar-refractivity contribution is 7.17. The molecule has 17 heavy (non-hydrogen) atoms. The Morgan fingerprint density at radius 1 is 1.53 bits per heavy atom. The molecule has 2 N–H and O–H groups in total. The first-order valence-corrected chi connectivity index (χ1v) is 5.98. The van der Waals surface area contributed by atoms with E-state index in [0.29, 0.717) is 10.2 Å². The number of carboxylic acid groups (broad SMARTS) is 1. The van der Waals surface area contributed by atoms with Crippen LogP contribution in [0, 0.1) is 6.92 Å². The summed E-state index contributed by atoms with van der Waals surface area (Å²) in [7, 11) is 0. The predicted molar refractivity (Wildman–Crippen MR) is 68.5 cm³/mol. The molecule has 0 aliphatic carbocycles. The van der Waals surface area contributed by atoms with Gasteiger partial charge in [0.15, 0.2) is 5.13 Å². The van der Waals surface area contributed by atoms with Crippen molar-refractivity contribution >= 4 is 39.7 Å². The van der Waals surface area contributed by atoms with Crippen molar-refractivity contribution in [3.8, 4) is 0 Å². The first-order chi connectivity index (χ1) is 8.06. The number of halogens is 1. The maximum atomic E-state index is 10.7. The minimum atomic E-state index is -0.981. The van der Waals surface area contributed by atoms with Crippen LogP contribution in [0.4, 0.5) is 10.8 Å². The summed E-state index contributed by atoms with van der Waals surface area (Å²) in [5, 5.41) is 12.9. The van der Waals surface area contributed by atoms with E-state index in [2.05, 4.69) is 10.3 Å². The van der Waals surface area contributed by atoms with Crippen molar-refractivity contribution in [2.75, 3.05) is 5.32 Å². The molecule has 1 heterocycles. The zero-order chi connectivity index (χ0) is 12.4. The average Bonchev–Trinajstić information content (AvgIpc) is 2.72. The van der Waals surface area contributed by atoms with E-state index in [-0.39, 0.29) is 4.88 Å². The molecule has 0 radical (unpaired) electrons. The van der Waals surface area contributed by atoms with Crippen molar-refractivity contribution in [1.29, 1.82) is 0 Å². The molecule has 1 aromatic heterocycles. The van der Waals surface area contributed by atoms with Crippen LogP contribution in [0.15, 0.2) is 24.4 Å². The van der Waals surface area contributed by atoms with E-state index in [9.17, 15) is 4.79 Å². The van der Waals surface area contributed by atoms with Crippen LogP contribution in [0.25, 0.3) is 0 Å². The largest absolute Gasteiger partial charge is 0.477 e. The van der Waals surface area contributed by atoms with E-state index < -0.39 is 5.97 Å². The summed E-state index contributed by atoms with van der Waals surface area (Å²) in [6.45, 7) is 1.95. The third kappa shape index (κ3) is 2.75. The monoisotopic (exact) mass is 268 g/mol. The van der Waals surface area contributed by atoms with E-state index in [4.69, 9.17) is 16.7 Å². The number of benzene rings is 1. The first kappa shape index (κ1) is 11.9. The predicted octanol–water partition coefficient (Wildman–Crippen LogP) is 3.55. The zero-order valence-corrected chi connectivity index (χ0v) is 10.5. The van der Waals surface area contributed by atoms with E-state index in [1.165, 1.54) is 6.20 Å². The summed E-state index contributed by atoms with van der Waals surface area (Å²) >= 11 is 7.08. The number of nitrogens with zero attached hydrogens (tertiary/aromatic N) is 1. The molecule has 88 valence electrons. The second-order valence-electron chi connectivity index (χ2n) is 3.44. The summed E-state index contributed by atoms with van der Waals surface area (Å²) in [4.78, 5) is 14.9. The fourth-order valence-corrected chi connectivity index (χ4v) is 2.11. The third-order valence-electron chi connectivity index (χ3n) is 2.08. The number of rotatable bonds is 3. The van der Waals surface area contributed by atoms with Gasteiger partial charge in [0.1, 0.15) is 4.88 Å². The van der Waals surface area contributed by atoms with Crippen LogP contribution in [0.5, 0.6) is 0 Å². The van der Waals surface area contributed by atoms with Gasteiger partial charge in [-0.1, -0.05) is 29.0 Å². The molecule has 0 spiro atoms. The normalized spacial score (nSPS) is 10.2.